The first kappa shape index (κ1) is 18.2. The Hall–Kier alpha value is -3.84. The molecule has 5 aromatic carbocycles. The highest BCUT2D eigenvalue weighted by Crippen LogP contribution is 2.34. The van der Waals surface area contributed by atoms with Crippen LogP contribution in [0.5, 0.6) is 0 Å². The molecule has 0 aliphatic carbocycles. The van der Waals surface area contributed by atoms with Crippen molar-refractivity contribution in [2.45, 2.75) is 0 Å². The molecule has 0 amide bonds. The minimum absolute atomic E-state index is 1.18. The van der Waals surface area contributed by atoms with Crippen LogP contribution in [0, 0.1) is 0 Å². The second-order valence-corrected chi connectivity index (χ2v) is 7.55. The van der Waals surface area contributed by atoms with Gasteiger partial charge in [0.15, 0.2) is 0 Å². The monoisotopic (exact) mass is 385 g/mol. The van der Waals surface area contributed by atoms with Crippen LogP contribution in [-0.2, 0) is 0 Å². The Bertz CT molecular complexity index is 1290. The lowest BCUT2D eigenvalue weighted by atomic mass is 10.00. The summed E-state index contributed by atoms with van der Waals surface area (Å²) < 4.78 is 0. The fraction of sp³-hybridized carbons (Fsp3) is 0.0345. The Kier molecular flexibility index (Phi) is 4.78. The molecule has 0 unspecified atom stereocenters. The van der Waals surface area contributed by atoms with Crippen molar-refractivity contribution < 1.29 is 0 Å². The quantitative estimate of drug-likeness (QED) is 0.303. The molecule has 30 heavy (non-hydrogen) atoms. The SMILES string of the molecule is CN(c1cccc(-c2ccccc2)c1)c1cccc2cc(-c3ccccc3)ccc12. The van der Waals surface area contributed by atoms with E-state index < -0.39 is 0 Å². The van der Waals surface area contributed by atoms with Crippen LogP contribution < -0.4 is 4.90 Å². The van der Waals surface area contributed by atoms with Crippen molar-refractivity contribution in [1.82, 2.24) is 0 Å². The van der Waals surface area contributed by atoms with Gasteiger partial charge < -0.3 is 4.90 Å². The van der Waals surface area contributed by atoms with E-state index in [-0.39, 0.29) is 0 Å². The van der Waals surface area contributed by atoms with Crippen molar-refractivity contribution >= 4 is 22.1 Å². The van der Waals surface area contributed by atoms with Gasteiger partial charge in [-0.05, 0) is 51.9 Å². The Morgan fingerprint density at radius 3 is 1.77 bits per heavy atom. The normalized spacial score (nSPS) is 10.8. The van der Waals surface area contributed by atoms with Crippen LogP contribution in [0.25, 0.3) is 33.0 Å². The highest BCUT2D eigenvalue weighted by Gasteiger charge is 2.10. The van der Waals surface area contributed by atoms with E-state index in [0.29, 0.717) is 0 Å². The van der Waals surface area contributed by atoms with Crippen LogP contribution in [0.1, 0.15) is 0 Å². The summed E-state index contributed by atoms with van der Waals surface area (Å²) >= 11 is 0. The first-order valence-corrected chi connectivity index (χ1v) is 10.3. The number of fused-ring (bicyclic) bond motifs is 1. The molecule has 0 N–H and O–H groups in total. The molecule has 0 saturated carbocycles. The second kappa shape index (κ2) is 7.88. The second-order valence-electron chi connectivity index (χ2n) is 7.55. The molecule has 0 aliphatic heterocycles. The first-order chi connectivity index (χ1) is 14.8. The zero-order valence-electron chi connectivity index (χ0n) is 17.0. The van der Waals surface area contributed by atoms with Crippen molar-refractivity contribution in [2.24, 2.45) is 0 Å². The molecular formula is C29H23N. The molecule has 0 atom stereocenters. The summed E-state index contributed by atoms with van der Waals surface area (Å²) in [5, 5.41) is 2.50. The van der Waals surface area contributed by atoms with Crippen LogP contribution in [0.4, 0.5) is 11.4 Å². The molecule has 0 fully saturated rings. The van der Waals surface area contributed by atoms with E-state index in [2.05, 4.69) is 133 Å². The van der Waals surface area contributed by atoms with Crippen LogP contribution in [0.15, 0.2) is 121 Å². The van der Waals surface area contributed by atoms with Crippen LogP contribution in [-0.4, -0.2) is 7.05 Å². The lowest BCUT2D eigenvalue weighted by Gasteiger charge is -2.22. The molecule has 0 saturated heterocycles. The molecule has 1 heteroatoms. The topological polar surface area (TPSA) is 3.24 Å². The molecule has 144 valence electrons. The zero-order valence-corrected chi connectivity index (χ0v) is 17.0. The fourth-order valence-corrected chi connectivity index (χ4v) is 4.03. The van der Waals surface area contributed by atoms with Crippen molar-refractivity contribution in [3.63, 3.8) is 0 Å². The molecule has 5 aromatic rings. The van der Waals surface area contributed by atoms with E-state index in [1.165, 1.54) is 44.4 Å². The predicted molar refractivity (Wildman–Crippen MR) is 129 cm³/mol. The lowest BCUT2D eigenvalue weighted by Crippen LogP contribution is -2.09. The molecule has 0 spiro atoms. The van der Waals surface area contributed by atoms with Gasteiger partial charge in [0.1, 0.15) is 0 Å². The third kappa shape index (κ3) is 3.46. The van der Waals surface area contributed by atoms with Crippen LogP contribution >= 0.6 is 0 Å². The molecule has 5 rings (SSSR count). The third-order valence-corrected chi connectivity index (χ3v) is 5.67. The fourth-order valence-electron chi connectivity index (χ4n) is 4.03. The van der Waals surface area contributed by atoms with E-state index in [4.69, 9.17) is 0 Å². The third-order valence-electron chi connectivity index (χ3n) is 5.67. The van der Waals surface area contributed by atoms with Crippen molar-refractivity contribution in [1.29, 1.82) is 0 Å². The van der Waals surface area contributed by atoms with Gasteiger partial charge in [0.2, 0.25) is 0 Å². The number of hydrogen-bond acceptors (Lipinski definition) is 1. The maximum Gasteiger partial charge on any atom is 0.0487 e. The van der Waals surface area contributed by atoms with Gasteiger partial charge in [-0.2, -0.15) is 0 Å². The van der Waals surface area contributed by atoms with Gasteiger partial charge >= 0.3 is 0 Å². The maximum atomic E-state index is 2.28. The molecule has 0 radical (unpaired) electrons. The summed E-state index contributed by atoms with van der Waals surface area (Å²) in [5.74, 6) is 0. The summed E-state index contributed by atoms with van der Waals surface area (Å²) in [7, 11) is 2.14. The van der Waals surface area contributed by atoms with E-state index in [1.807, 2.05) is 0 Å². The Balaban J connectivity index is 1.55. The van der Waals surface area contributed by atoms with E-state index in [9.17, 15) is 0 Å². The van der Waals surface area contributed by atoms with E-state index in [1.54, 1.807) is 0 Å². The smallest absolute Gasteiger partial charge is 0.0487 e. The van der Waals surface area contributed by atoms with E-state index >= 15 is 0 Å². The number of rotatable bonds is 4. The molecule has 0 heterocycles. The summed E-state index contributed by atoms with van der Waals surface area (Å²) in [6.07, 6.45) is 0. The van der Waals surface area contributed by atoms with Gasteiger partial charge in [0.25, 0.3) is 0 Å². The molecule has 0 aromatic heterocycles. The van der Waals surface area contributed by atoms with Crippen molar-refractivity contribution in [3.8, 4) is 22.3 Å². The molecular weight excluding hydrogens is 362 g/mol. The minimum atomic E-state index is 1.18. The number of hydrogen-bond donors (Lipinski definition) is 0. The number of nitrogens with zero attached hydrogens (tertiary/aromatic N) is 1. The van der Waals surface area contributed by atoms with Gasteiger partial charge in [-0.25, -0.2) is 0 Å². The van der Waals surface area contributed by atoms with Crippen LogP contribution in [0.2, 0.25) is 0 Å². The Labute approximate surface area is 177 Å². The average molecular weight is 386 g/mol. The molecule has 0 bridgehead atoms. The van der Waals surface area contributed by atoms with E-state index in [0.717, 1.165) is 0 Å². The standard InChI is InChI=1S/C29H23N/c1-30(27-16-8-14-24(21-27)22-10-4-2-5-11-22)29-17-9-15-26-20-25(18-19-28(26)29)23-12-6-3-7-13-23/h2-21H,1H3. The highest BCUT2D eigenvalue weighted by atomic mass is 15.1. The number of benzene rings is 5. The zero-order chi connectivity index (χ0) is 20.3. The molecule has 0 aliphatic rings. The first-order valence-electron chi connectivity index (χ1n) is 10.3. The average Bonchev–Trinajstić information content (AvgIpc) is 2.84. The van der Waals surface area contributed by atoms with Gasteiger partial charge in [-0.1, -0.05) is 97.1 Å². The summed E-state index contributed by atoms with van der Waals surface area (Å²) in [4.78, 5) is 2.27. The molecule has 1 nitrogen and oxygen atoms in total. The lowest BCUT2D eigenvalue weighted by molar-refractivity contribution is 1.22. The van der Waals surface area contributed by atoms with Crippen molar-refractivity contribution in [3.05, 3.63) is 121 Å². The summed E-state index contributed by atoms with van der Waals surface area (Å²) in [5.41, 5.74) is 7.33. The van der Waals surface area contributed by atoms with Gasteiger partial charge in [-0.3, -0.25) is 0 Å². The van der Waals surface area contributed by atoms with Gasteiger partial charge in [0, 0.05) is 23.8 Å². The minimum Gasteiger partial charge on any atom is -0.344 e. The largest absolute Gasteiger partial charge is 0.344 e. The Morgan fingerprint density at radius 2 is 1.07 bits per heavy atom. The predicted octanol–water partition coefficient (Wildman–Crippen LogP) is 7.94. The van der Waals surface area contributed by atoms with Crippen LogP contribution in [0.3, 0.4) is 0 Å². The Morgan fingerprint density at radius 1 is 0.467 bits per heavy atom. The summed E-state index contributed by atoms with van der Waals surface area (Å²) in [6, 6.07) is 43.1. The highest BCUT2D eigenvalue weighted by molar-refractivity contribution is 5.98. The van der Waals surface area contributed by atoms with Gasteiger partial charge in [0.05, 0.1) is 0 Å². The maximum absolute atomic E-state index is 2.28. The summed E-state index contributed by atoms with van der Waals surface area (Å²) in [6.45, 7) is 0. The number of anilines is 2. The van der Waals surface area contributed by atoms with Crippen molar-refractivity contribution in [2.75, 3.05) is 11.9 Å². The van der Waals surface area contributed by atoms with Gasteiger partial charge in [-0.15, -0.1) is 0 Å².